The predicted octanol–water partition coefficient (Wildman–Crippen LogP) is 3.12. The molecule has 0 amide bonds. The molecule has 7 nitrogen and oxygen atoms in total. The third kappa shape index (κ3) is 4.68. The summed E-state index contributed by atoms with van der Waals surface area (Å²) in [7, 11) is 0. The summed E-state index contributed by atoms with van der Waals surface area (Å²) in [5.41, 5.74) is 4.37. The van der Waals surface area contributed by atoms with Gasteiger partial charge in [-0.1, -0.05) is 42.5 Å². The molecular weight excluding hydrogens is 402 g/mol. The highest BCUT2D eigenvalue weighted by atomic mass is 32.1. The fourth-order valence-electron chi connectivity index (χ4n) is 3.15. The van der Waals surface area contributed by atoms with E-state index in [1.165, 1.54) is 5.56 Å². The molecule has 0 bridgehead atoms. The zero-order valence-corrected chi connectivity index (χ0v) is 17.5. The number of aryl methyl sites for hydroxylation is 2. The Bertz CT molecular complexity index is 1060. The molecule has 2 aromatic heterocycles. The number of tetrazole rings is 1. The van der Waals surface area contributed by atoms with Crippen LogP contribution in [0, 0.1) is 0 Å². The van der Waals surface area contributed by atoms with Gasteiger partial charge in [-0.3, -0.25) is 0 Å². The van der Waals surface area contributed by atoms with Gasteiger partial charge in [0.05, 0.1) is 6.54 Å². The summed E-state index contributed by atoms with van der Waals surface area (Å²) in [6.07, 6.45) is 1.57. The van der Waals surface area contributed by atoms with Gasteiger partial charge in [0, 0.05) is 18.4 Å². The van der Waals surface area contributed by atoms with Crippen LogP contribution in [-0.2, 0) is 19.4 Å². The van der Waals surface area contributed by atoms with Crippen molar-refractivity contribution in [2.45, 2.75) is 19.4 Å². The van der Waals surface area contributed by atoms with Crippen molar-refractivity contribution < 1.29 is 0 Å². The molecular formula is C20H21N7S2. The summed E-state index contributed by atoms with van der Waals surface area (Å²) in [6, 6.07) is 16.6. The van der Waals surface area contributed by atoms with Gasteiger partial charge in [-0.15, -0.1) is 5.10 Å². The summed E-state index contributed by atoms with van der Waals surface area (Å²) < 4.78 is 1.97. The third-order valence-electron chi connectivity index (χ3n) is 4.56. The summed E-state index contributed by atoms with van der Waals surface area (Å²) in [5.74, 6) is 3.95. The molecule has 148 valence electrons. The van der Waals surface area contributed by atoms with E-state index in [9.17, 15) is 0 Å². The number of benzene rings is 2. The summed E-state index contributed by atoms with van der Waals surface area (Å²) >= 11 is 8.62. The first-order valence-corrected chi connectivity index (χ1v) is 10.6. The minimum Gasteiger partial charge on any atom is -0.245 e. The maximum absolute atomic E-state index is 4.63. The summed E-state index contributed by atoms with van der Waals surface area (Å²) in [4.78, 5) is 4.62. The van der Waals surface area contributed by atoms with Crippen LogP contribution < -0.4 is 0 Å². The fraction of sp³-hybridized carbons (Fsp3) is 0.250. The maximum atomic E-state index is 4.63. The lowest BCUT2D eigenvalue weighted by Gasteiger charge is -2.08. The molecule has 0 aliphatic carbocycles. The molecule has 0 atom stereocenters. The van der Waals surface area contributed by atoms with Crippen LogP contribution in [0.2, 0.25) is 0 Å². The largest absolute Gasteiger partial charge is 0.245 e. The Morgan fingerprint density at radius 3 is 2.41 bits per heavy atom. The van der Waals surface area contributed by atoms with Crippen LogP contribution in [0.15, 0.2) is 48.5 Å². The molecule has 0 spiro atoms. The molecule has 4 aromatic rings. The van der Waals surface area contributed by atoms with E-state index in [1.807, 2.05) is 16.8 Å². The van der Waals surface area contributed by atoms with Gasteiger partial charge in [-0.25, -0.2) is 14.8 Å². The number of thiol groups is 2. The molecule has 0 saturated carbocycles. The Kier molecular flexibility index (Phi) is 6.26. The number of hydrogen-bond acceptors (Lipinski definition) is 7. The molecule has 0 unspecified atom stereocenters. The molecule has 2 aromatic carbocycles. The van der Waals surface area contributed by atoms with Gasteiger partial charge in [0.15, 0.2) is 11.6 Å². The Morgan fingerprint density at radius 1 is 0.897 bits per heavy atom. The number of rotatable bonds is 8. The molecule has 29 heavy (non-hydrogen) atoms. The van der Waals surface area contributed by atoms with Crippen LogP contribution in [0.5, 0.6) is 0 Å². The van der Waals surface area contributed by atoms with Crippen molar-refractivity contribution in [2.75, 3.05) is 11.5 Å². The topological polar surface area (TPSA) is 85.2 Å². The predicted molar refractivity (Wildman–Crippen MR) is 119 cm³/mol. The zero-order chi connectivity index (χ0) is 20.1. The maximum Gasteiger partial charge on any atom is 0.179 e. The van der Waals surface area contributed by atoms with E-state index < -0.39 is 0 Å². The quantitative estimate of drug-likeness (QED) is 0.379. The monoisotopic (exact) mass is 423 g/mol. The SMILES string of the molecule is SCCc1nc(CCS)n(Cc2ccc(-c3cccc(-c4nnn[nH]4)c3)cc2)n1. The number of H-pyrrole nitrogens is 1. The average Bonchev–Trinajstić information content (AvgIpc) is 3.40. The van der Waals surface area contributed by atoms with Crippen molar-refractivity contribution in [1.82, 2.24) is 35.4 Å². The van der Waals surface area contributed by atoms with E-state index in [-0.39, 0.29) is 0 Å². The van der Waals surface area contributed by atoms with Gasteiger partial charge >= 0.3 is 0 Å². The summed E-state index contributed by atoms with van der Waals surface area (Å²) in [6.45, 7) is 0.687. The van der Waals surface area contributed by atoms with E-state index in [1.54, 1.807) is 0 Å². The second-order valence-corrected chi connectivity index (χ2v) is 7.47. The molecule has 0 aliphatic rings. The van der Waals surface area contributed by atoms with Gasteiger partial charge in [0.2, 0.25) is 0 Å². The number of hydrogen-bond donors (Lipinski definition) is 3. The third-order valence-corrected chi connectivity index (χ3v) is 5.01. The highest BCUT2D eigenvalue weighted by molar-refractivity contribution is 7.80. The second kappa shape index (κ2) is 9.23. The van der Waals surface area contributed by atoms with Crippen LogP contribution >= 0.6 is 25.3 Å². The first-order valence-electron chi connectivity index (χ1n) is 9.34. The average molecular weight is 424 g/mol. The molecule has 0 saturated heterocycles. The molecule has 9 heteroatoms. The van der Waals surface area contributed by atoms with E-state index in [0.717, 1.165) is 52.7 Å². The molecule has 0 fully saturated rings. The van der Waals surface area contributed by atoms with Gasteiger partial charge in [-0.2, -0.15) is 30.4 Å². The second-order valence-electron chi connectivity index (χ2n) is 6.58. The standard InChI is InChI=1S/C20H21N7S2/c28-10-8-18-21-19(9-11-29)27(24-18)13-14-4-6-15(7-5-14)16-2-1-3-17(12-16)20-22-25-26-23-20/h1-7,12,28-29H,8-11,13H2,(H,22,23,25,26). The minimum atomic E-state index is 0.656. The van der Waals surface area contributed by atoms with Gasteiger partial charge in [0.25, 0.3) is 0 Å². The van der Waals surface area contributed by atoms with Crippen LogP contribution in [0.4, 0.5) is 0 Å². The van der Waals surface area contributed by atoms with Crippen molar-refractivity contribution in [2.24, 2.45) is 0 Å². The zero-order valence-electron chi connectivity index (χ0n) is 15.7. The van der Waals surface area contributed by atoms with Crippen molar-refractivity contribution in [3.63, 3.8) is 0 Å². The van der Waals surface area contributed by atoms with Crippen molar-refractivity contribution in [1.29, 1.82) is 0 Å². The number of nitrogens with zero attached hydrogens (tertiary/aromatic N) is 6. The Labute approximate surface area is 179 Å². The van der Waals surface area contributed by atoms with E-state index >= 15 is 0 Å². The van der Waals surface area contributed by atoms with Crippen molar-refractivity contribution >= 4 is 25.3 Å². The first kappa shape index (κ1) is 19.7. The van der Waals surface area contributed by atoms with E-state index in [4.69, 9.17) is 0 Å². The van der Waals surface area contributed by atoms with E-state index in [0.29, 0.717) is 12.4 Å². The van der Waals surface area contributed by atoms with Crippen LogP contribution in [-0.4, -0.2) is 46.9 Å². The highest BCUT2D eigenvalue weighted by Crippen LogP contribution is 2.24. The normalized spacial score (nSPS) is 11.1. The first-order chi connectivity index (χ1) is 14.3. The highest BCUT2D eigenvalue weighted by Gasteiger charge is 2.10. The molecule has 0 radical (unpaired) electrons. The van der Waals surface area contributed by atoms with Crippen LogP contribution in [0.3, 0.4) is 0 Å². The van der Waals surface area contributed by atoms with Crippen molar-refractivity contribution in [3.8, 4) is 22.5 Å². The Morgan fingerprint density at radius 2 is 1.69 bits per heavy atom. The van der Waals surface area contributed by atoms with Gasteiger partial charge in [0.1, 0.15) is 5.82 Å². The van der Waals surface area contributed by atoms with Gasteiger partial charge < -0.3 is 0 Å². The molecule has 0 aliphatic heterocycles. The molecule has 4 rings (SSSR count). The lowest BCUT2D eigenvalue weighted by Crippen LogP contribution is -2.07. The molecule has 1 N–H and O–H groups in total. The minimum absolute atomic E-state index is 0.656. The smallest absolute Gasteiger partial charge is 0.179 e. The molecule has 2 heterocycles. The van der Waals surface area contributed by atoms with Crippen molar-refractivity contribution in [3.05, 3.63) is 65.7 Å². The fourth-order valence-corrected chi connectivity index (χ4v) is 3.55. The van der Waals surface area contributed by atoms with Gasteiger partial charge in [-0.05, 0) is 44.7 Å². The van der Waals surface area contributed by atoms with E-state index in [2.05, 4.69) is 92.4 Å². The Balaban J connectivity index is 1.54. The number of aromatic amines is 1. The lowest BCUT2D eigenvalue weighted by atomic mass is 10.0. The Hall–Kier alpha value is -2.65. The number of nitrogens with one attached hydrogen (secondary N) is 1. The van der Waals surface area contributed by atoms with Crippen LogP contribution in [0.1, 0.15) is 17.2 Å². The van der Waals surface area contributed by atoms with Crippen LogP contribution in [0.25, 0.3) is 22.5 Å². The summed E-state index contributed by atoms with van der Waals surface area (Å²) in [5, 5.41) is 18.7. The lowest BCUT2D eigenvalue weighted by molar-refractivity contribution is 0.638. The number of aromatic nitrogens is 7.